The lowest BCUT2D eigenvalue weighted by Crippen LogP contribution is -2.24. The summed E-state index contributed by atoms with van der Waals surface area (Å²) in [6.45, 7) is 7.28. The van der Waals surface area contributed by atoms with Crippen LogP contribution in [0.25, 0.3) is 6.08 Å². The predicted molar refractivity (Wildman–Crippen MR) is 108 cm³/mol. The first-order valence-electron chi connectivity index (χ1n) is 9.21. The third-order valence-electron chi connectivity index (χ3n) is 4.34. The summed E-state index contributed by atoms with van der Waals surface area (Å²) >= 11 is 0. The van der Waals surface area contributed by atoms with Crippen molar-refractivity contribution in [1.82, 2.24) is 4.98 Å². The van der Waals surface area contributed by atoms with E-state index in [1.54, 1.807) is 32.1 Å². The van der Waals surface area contributed by atoms with Crippen LogP contribution in [-0.4, -0.2) is 42.5 Å². The number of carbonyl (C=O) groups is 3. The van der Waals surface area contributed by atoms with E-state index in [9.17, 15) is 14.4 Å². The molecule has 1 N–H and O–H groups in total. The van der Waals surface area contributed by atoms with Crippen molar-refractivity contribution in [3.63, 3.8) is 0 Å². The lowest BCUT2D eigenvalue weighted by molar-refractivity contribution is -0.140. The Morgan fingerprint density at radius 1 is 1.14 bits per heavy atom. The van der Waals surface area contributed by atoms with Crippen molar-refractivity contribution in [1.29, 1.82) is 0 Å². The molecule has 0 aliphatic rings. The van der Waals surface area contributed by atoms with E-state index in [1.807, 2.05) is 19.1 Å². The van der Waals surface area contributed by atoms with Crippen molar-refractivity contribution in [2.24, 2.45) is 0 Å². The Labute approximate surface area is 169 Å². The smallest absolute Gasteiger partial charge is 0.339 e. The molecule has 2 rings (SSSR count). The first-order valence-corrected chi connectivity index (χ1v) is 9.21. The SMILES string of the molecule is CCOc1ccc(/C=C/C(=O)O[C@@H](C)C(=O)c2[nH]c(C)c(C(=O)OC)c2C)cc1. The van der Waals surface area contributed by atoms with E-state index >= 15 is 0 Å². The Morgan fingerprint density at radius 2 is 1.79 bits per heavy atom. The van der Waals surface area contributed by atoms with Crippen LogP contribution in [0.1, 0.15) is 51.5 Å². The fourth-order valence-corrected chi connectivity index (χ4v) is 2.88. The molecule has 0 aliphatic heterocycles. The van der Waals surface area contributed by atoms with Gasteiger partial charge in [-0.1, -0.05) is 12.1 Å². The van der Waals surface area contributed by atoms with E-state index in [0.717, 1.165) is 11.3 Å². The predicted octanol–water partition coefficient (Wildman–Crippen LogP) is 3.64. The molecule has 0 spiro atoms. The van der Waals surface area contributed by atoms with Gasteiger partial charge < -0.3 is 19.2 Å². The molecule has 0 amide bonds. The molecule has 1 atom stereocenters. The third-order valence-corrected chi connectivity index (χ3v) is 4.34. The molecule has 1 aromatic carbocycles. The summed E-state index contributed by atoms with van der Waals surface area (Å²) in [5.74, 6) is -0.856. The summed E-state index contributed by atoms with van der Waals surface area (Å²) in [6, 6.07) is 7.22. The number of nitrogens with one attached hydrogen (secondary N) is 1. The van der Waals surface area contributed by atoms with Gasteiger partial charge in [0, 0.05) is 11.8 Å². The highest BCUT2D eigenvalue weighted by Gasteiger charge is 2.26. The van der Waals surface area contributed by atoms with Gasteiger partial charge in [-0.05, 0) is 57.0 Å². The van der Waals surface area contributed by atoms with E-state index in [1.165, 1.54) is 20.1 Å². The van der Waals surface area contributed by atoms with Gasteiger partial charge in [-0.2, -0.15) is 0 Å². The number of esters is 2. The summed E-state index contributed by atoms with van der Waals surface area (Å²) < 4.78 is 15.3. The zero-order valence-electron chi connectivity index (χ0n) is 17.2. The van der Waals surface area contributed by atoms with Crippen molar-refractivity contribution in [2.75, 3.05) is 13.7 Å². The number of hydrogen-bond donors (Lipinski definition) is 1. The lowest BCUT2D eigenvalue weighted by atomic mass is 10.1. The third kappa shape index (κ3) is 5.34. The highest BCUT2D eigenvalue weighted by atomic mass is 16.5. The van der Waals surface area contributed by atoms with E-state index in [0.29, 0.717) is 23.4 Å². The topological polar surface area (TPSA) is 94.7 Å². The highest BCUT2D eigenvalue weighted by molar-refractivity contribution is 6.04. The summed E-state index contributed by atoms with van der Waals surface area (Å²) in [5.41, 5.74) is 2.31. The second-order valence-electron chi connectivity index (χ2n) is 6.40. The van der Waals surface area contributed by atoms with Crippen molar-refractivity contribution in [2.45, 2.75) is 33.8 Å². The number of ketones is 1. The zero-order valence-corrected chi connectivity index (χ0v) is 17.2. The fourth-order valence-electron chi connectivity index (χ4n) is 2.88. The van der Waals surface area contributed by atoms with E-state index in [-0.39, 0.29) is 5.69 Å². The molecular formula is C22H25NO6. The Bertz CT molecular complexity index is 924. The minimum Gasteiger partial charge on any atom is -0.494 e. The van der Waals surface area contributed by atoms with Crippen molar-refractivity contribution in [3.8, 4) is 5.75 Å². The Morgan fingerprint density at radius 3 is 2.38 bits per heavy atom. The number of carbonyl (C=O) groups excluding carboxylic acids is 3. The summed E-state index contributed by atoms with van der Waals surface area (Å²) in [4.78, 5) is 39.5. The highest BCUT2D eigenvalue weighted by Crippen LogP contribution is 2.21. The largest absolute Gasteiger partial charge is 0.494 e. The minimum absolute atomic E-state index is 0.221. The van der Waals surface area contributed by atoms with Gasteiger partial charge in [0.25, 0.3) is 0 Å². The van der Waals surface area contributed by atoms with Gasteiger partial charge in [-0.25, -0.2) is 9.59 Å². The van der Waals surface area contributed by atoms with Crippen LogP contribution in [0.5, 0.6) is 5.75 Å². The number of ether oxygens (including phenoxy) is 3. The summed E-state index contributed by atoms with van der Waals surface area (Å²) in [6.07, 6.45) is 1.83. The second-order valence-corrected chi connectivity index (χ2v) is 6.40. The number of aromatic nitrogens is 1. The molecule has 1 heterocycles. The monoisotopic (exact) mass is 399 g/mol. The van der Waals surface area contributed by atoms with Gasteiger partial charge in [0.05, 0.1) is 25.0 Å². The Kier molecular flexibility index (Phi) is 7.36. The van der Waals surface area contributed by atoms with Crippen LogP contribution in [-0.2, 0) is 14.3 Å². The molecule has 2 aromatic rings. The molecule has 0 saturated carbocycles. The fraction of sp³-hybridized carbons (Fsp3) is 0.318. The molecule has 0 radical (unpaired) electrons. The van der Waals surface area contributed by atoms with Crippen molar-refractivity contribution in [3.05, 3.63) is 58.4 Å². The van der Waals surface area contributed by atoms with Crippen LogP contribution in [0, 0.1) is 13.8 Å². The van der Waals surface area contributed by atoms with E-state index in [4.69, 9.17) is 14.2 Å². The van der Waals surface area contributed by atoms with Crippen LogP contribution >= 0.6 is 0 Å². The maximum absolute atomic E-state index is 12.7. The molecule has 7 nitrogen and oxygen atoms in total. The van der Waals surface area contributed by atoms with E-state index in [2.05, 4.69) is 4.98 Å². The number of H-pyrrole nitrogens is 1. The average molecular weight is 399 g/mol. The Hall–Kier alpha value is -3.35. The van der Waals surface area contributed by atoms with Crippen molar-refractivity contribution < 1.29 is 28.6 Å². The van der Waals surface area contributed by atoms with Crippen molar-refractivity contribution >= 4 is 23.8 Å². The van der Waals surface area contributed by atoms with Gasteiger partial charge in [0.1, 0.15) is 5.75 Å². The molecule has 7 heteroatoms. The van der Waals surface area contributed by atoms with Crippen LogP contribution in [0.4, 0.5) is 0 Å². The van der Waals surface area contributed by atoms with Crippen LogP contribution in [0.15, 0.2) is 30.3 Å². The minimum atomic E-state index is -1.02. The van der Waals surface area contributed by atoms with Gasteiger partial charge in [-0.3, -0.25) is 4.79 Å². The Balaban J connectivity index is 2.04. The molecule has 29 heavy (non-hydrogen) atoms. The normalized spacial score (nSPS) is 11.9. The average Bonchev–Trinajstić information content (AvgIpc) is 3.00. The molecule has 0 aliphatic carbocycles. The zero-order chi connectivity index (χ0) is 21.6. The van der Waals surface area contributed by atoms with Gasteiger partial charge in [0.2, 0.25) is 5.78 Å². The standard InChI is InChI=1S/C22H25NO6/c1-6-28-17-10-7-16(8-11-17)9-12-18(24)29-15(4)21(25)20-13(2)19(14(3)23-20)22(26)27-5/h7-12,15,23H,6H2,1-5H3/b12-9+/t15-/m0/s1. The lowest BCUT2D eigenvalue weighted by Gasteiger charge is -2.10. The molecule has 0 saturated heterocycles. The maximum atomic E-state index is 12.7. The molecule has 0 unspecified atom stereocenters. The second kappa shape index (κ2) is 9.73. The molecule has 1 aromatic heterocycles. The molecule has 0 fully saturated rings. The number of methoxy groups -OCH3 is 1. The van der Waals surface area contributed by atoms with E-state index < -0.39 is 23.8 Å². The number of benzene rings is 1. The number of Topliss-reactive ketones (excluding diaryl/α,β-unsaturated/α-hetero) is 1. The number of aryl methyl sites for hydroxylation is 1. The summed E-state index contributed by atoms with van der Waals surface area (Å²) in [7, 11) is 1.27. The van der Waals surface area contributed by atoms with Crippen LogP contribution < -0.4 is 4.74 Å². The maximum Gasteiger partial charge on any atom is 0.339 e. The van der Waals surface area contributed by atoms with Gasteiger partial charge in [-0.15, -0.1) is 0 Å². The number of rotatable bonds is 8. The van der Waals surface area contributed by atoms with Gasteiger partial charge in [0.15, 0.2) is 6.10 Å². The first kappa shape index (κ1) is 21.9. The van der Waals surface area contributed by atoms with Crippen LogP contribution in [0.3, 0.4) is 0 Å². The first-order chi connectivity index (χ1) is 13.8. The van der Waals surface area contributed by atoms with Crippen LogP contribution in [0.2, 0.25) is 0 Å². The summed E-state index contributed by atoms with van der Waals surface area (Å²) in [5, 5.41) is 0. The number of hydrogen-bond acceptors (Lipinski definition) is 6. The van der Waals surface area contributed by atoms with Gasteiger partial charge >= 0.3 is 11.9 Å². The molecule has 0 bridgehead atoms. The molecular weight excluding hydrogens is 374 g/mol. The number of aromatic amines is 1. The quantitative estimate of drug-likeness (QED) is 0.414. The molecule has 154 valence electrons.